The summed E-state index contributed by atoms with van der Waals surface area (Å²) in [7, 11) is -1.51. The summed E-state index contributed by atoms with van der Waals surface area (Å²) < 4.78 is 47.9. The largest absolute Gasteiger partial charge is 0.513 e. The average molecular weight is 542 g/mol. The van der Waals surface area contributed by atoms with Crippen molar-refractivity contribution in [1.82, 2.24) is 5.43 Å². The summed E-state index contributed by atoms with van der Waals surface area (Å²) in [5, 5.41) is 3.91. The lowest BCUT2D eigenvalue weighted by Gasteiger charge is -2.23. The first-order chi connectivity index (χ1) is 18.3. The first kappa shape index (κ1) is 28.0. The van der Waals surface area contributed by atoms with Gasteiger partial charge < -0.3 is 18.9 Å². The molecule has 0 unspecified atom stereocenters. The van der Waals surface area contributed by atoms with Crippen molar-refractivity contribution >= 4 is 34.0 Å². The number of rotatable bonds is 11. The molecule has 0 radical (unpaired) electrons. The normalized spacial score (nSPS) is 11.0. The van der Waals surface area contributed by atoms with Crippen molar-refractivity contribution in [3.63, 3.8) is 0 Å². The zero-order valence-electron chi connectivity index (χ0n) is 21.0. The molecule has 0 saturated heterocycles. The molecular weight excluding hydrogens is 514 g/mol. The van der Waals surface area contributed by atoms with Crippen LogP contribution in [0.3, 0.4) is 0 Å². The first-order valence-electron chi connectivity index (χ1n) is 11.3. The van der Waals surface area contributed by atoms with Crippen molar-refractivity contribution in [2.75, 3.05) is 31.7 Å². The van der Waals surface area contributed by atoms with Crippen molar-refractivity contribution in [3.8, 4) is 17.2 Å². The van der Waals surface area contributed by atoms with Crippen LogP contribution in [0.25, 0.3) is 0 Å². The third kappa shape index (κ3) is 7.23. The van der Waals surface area contributed by atoms with E-state index in [0.717, 1.165) is 4.31 Å². The predicted molar refractivity (Wildman–Crippen MR) is 140 cm³/mol. The minimum absolute atomic E-state index is 0.00228. The first-order valence-corrected chi connectivity index (χ1v) is 12.8. The van der Waals surface area contributed by atoms with Crippen LogP contribution >= 0.6 is 0 Å². The summed E-state index contributed by atoms with van der Waals surface area (Å²) in [6.45, 7) is 1.75. The molecule has 38 heavy (non-hydrogen) atoms. The van der Waals surface area contributed by atoms with Crippen LogP contribution in [0.15, 0.2) is 82.8 Å². The van der Waals surface area contributed by atoms with E-state index in [-0.39, 0.29) is 16.4 Å². The third-order valence-electron chi connectivity index (χ3n) is 5.00. The highest BCUT2D eigenvalue weighted by Gasteiger charge is 2.27. The van der Waals surface area contributed by atoms with E-state index in [1.165, 1.54) is 44.7 Å². The lowest BCUT2D eigenvalue weighted by molar-refractivity contribution is -0.119. The molecule has 11 nitrogen and oxygen atoms in total. The fourth-order valence-corrected chi connectivity index (χ4v) is 4.66. The van der Waals surface area contributed by atoms with E-state index >= 15 is 0 Å². The molecule has 0 aliphatic rings. The topological polar surface area (TPSA) is 133 Å². The minimum atomic E-state index is -4.09. The number of hydrogen-bond acceptors (Lipinski definition) is 9. The number of nitrogens with one attached hydrogen (secondary N) is 1. The molecule has 0 saturated carbocycles. The van der Waals surface area contributed by atoms with E-state index in [4.69, 9.17) is 14.2 Å². The second-order valence-corrected chi connectivity index (χ2v) is 9.37. The number of hydrazone groups is 1. The van der Waals surface area contributed by atoms with Crippen LogP contribution in [0, 0.1) is 0 Å². The number of nitrogens with zero attached hydrogens (tertiary/aromatic N) is 2. The van der Waals surface area contributed by atoms with Gasteiger partial charge in [-0.3, -0.25) is 9.10 Å². The summed E-state index contributed by atoms with van der Waals surface area (Å²) in [4.78, 5) is 24.1. The standard InChI is InChI=1S/C26H27N3O8S/c1-4-36-21-11-13-22(14-12-21)38(32,33)29(20-8-6-5-7-9-20)18-25(30)28-27-17-19-10-15-23(24(16-19)34-2)37-26(31)35-3/h5-17H,4,18H2,1-3H3,(H,28,30)/b27-17-. The molecule has 0 aliphatic carbocycles. The van der Waals surface area contributed by atoms with Gasteiger partial charge in [0.05, 0.1) is 37.6 Å². The Balaban J connectivity index is 1.76. The number of amides is 1. The molecule has 0 atom stereocenters. The van der Waals surface area contributed by atoms with Crippen LogP contribution in [-0.2, 0) is 19.6 Å². The zero-order chi connectivity index (χ0) is 27.5. The van der Waals surface area contributed by atoms with Gasteiger partial charge in [0.2, 0.25) is 0 Å². The number of methoxy groups -OCH3 is 2. The molecule has 0 spiro atoms. The smallest absolute Gasteiger partial charge is 0.494 e. The predicted octanol–water partition coefficient (Wildman–Crippen LogP) is 3.58. The quantitative estimate of drug-likeness (QED) is 0.169. The molecule has 200 valence electrons. The number of ether oxygens (including phenoxy) is 4. The summed E-state index contributed by atoms with van der Waals surface area (Å²) in [6, 6.07) is 18.8. The summed E-state index contributed by atoms with van der Waals surface area (Å²) in [5.74, 6) is 0.240. The number of benzene rings is 3. The number of hydrogen-bond donors (Lipinski definition) is 1. The third-order valence-corrected chi connectivity index (χ3v) is 6.79. The maximum Gasteiger partial charge on any atom is 0.513 e. The van der Waals surface area contributed by atoms with E-state index in [9.17, 15) is 18.0 Å². The van der Waals surface area contributed by atoms with Gasteiger partial charge in [-0.15, -0.1) is 0 Å². The van der Waals surface area contributed by atoms with Crippen LogP contribution < -0.4 is 23.9 Å². The van der Waals surface area contributed by atoms with Crippen molar-refractivity contribution in [1.29, 1.82) is 0 Å². The van der Waals surface area contributed by atoms with Gasteiger partial charge in [-0.05, 0) is 67.1 Å². The molecular formula is C26H27N3O8S. The van der Waals surface area contributed by atoms with Gasteiger partial charge in [-0.1, -0.05) is 18.2 Å². The van der Waals surface area contributed by atoms with Gasteiger partial charge in [0.1, 0.15) is 12.3 Å². The second kappa shape index (κ2) is 13.1. The second-order valence-electron chi connectivity index (χ2n) is 7.51. The maximum absolute atomic E-state index is 13.4. The highest BCUT2D eigenvalue weighted by atomic mass is 32.2. The molecule has 0 aromatic heterocycles. The molecule has 0 aliphatic heterocycles. The lowest BCUT2D eigenvalue weighted by Crippen LogP contribution is -2.39. The maximum atomic E-state index is 13.4. The van der Waals surface area contributed by atoms with Gasteiger partial charge in [-0.2, -0.15) is 5.10 Å². The average Bonchev–Trinajstić information content (AvgIpc) is 2.93. The molecule has 0 bridgehead atoms. The summed E-state index contributed by atoms with van der Waals surface area (Å²) in [6.07, 6.45) is 0.427. The number of para-hydroxylation sites is 1. The van der Waals surface area contributed by atoms with Gasteiger partial charge in [-0.25, -0.2) is 18.6 Å². The fraction of sp³-hybridized carbons (Fsp3) is 0.192. The monoisotopic (exact) mass is 541 g/mol. The van der Waals surface area contributed by atoms with Crippen LogP contribution in [0.2, 0.25) is 0 Å². The molecule has 1 amide bonds. The SMILES string of the molecule is CCOc1ccc(S(=O)(=O)N(CC(=O)N/N=C\c2ccc(OC(=O)OC)c(OC)c2)c2ccccc2)cc1. The zero-order valence-corrected chi connectivity index (χ0v) is 21.8. The van der Waals surface area contributed by atoms with Crippen molar-refractivity contribution < 1.29 is 37.0 Å². The fourth-order valence-electron chi connectivity index (χ4n) is 3.24. The highest BCUT2D eigenvalue weighted by Crippen LogP contribution is 2.28. The lowest BCUT2D eigenvalue weighted by atomic mass is 10.2. The van der Waals surface area contributed by atoms with Crippen LogP contribution in [0.5, 0.6) is 17.2 Å². The number of sulfonamides is 1. The Bertz CT molecular complexity index is 1380. The van der Waals surface area contributed by atoms with Crippen molar-refractivity contribution in [3.05, 3.63) is 78.4 Å². The van der Waals surface area contributed by atoms with Crippen molar-refractivity contribution in [2.24, 2.45) is 5.10 Å². The highest BCUT2D eigenvalue weighted by molar-refractivity contribution is 7.92. The van der Waals surface area contributed by atoms with Crippen LogP contribution in [-0.4, -0.2) is 54.1 Å². The van der Waals surface area contributed by atoms with Gasteiger partial charge in [0, 0.05) is 0 Å². The Morgan fingerprint density at radius 2 is 1.68 bits per heavy atom. The van der Waals surface area contributed by atoms with Crippen LogP contribution in [0.1, 0.15) is 12.5 Å². The molecule has 0 fully saturated rings. The molecule has 12 heteroatoms. The van der Waals surface area contributed by atoms with Crippen LogP contribution in [0.4, 0.5) is 10.5 Å². The Morgan fingerprint density at radius 3 is 2.32 bits per heavy atom. The Kier molecular flexibility index (Phi) is 9.66. The summed E-state index contributed by atoms with van der Waals surface area (Å²) in [5.41, 5.74) is 3.16. The van der Waals surface area contributed by atoms with Crippen molar-refractivity contribution in [2.45, 2.75) is 11.8 Å². The molecule has 3 rings (SSSR count). The summed E-state index contributed by atoms with van der Waals surface area (Å²) >= 11 is 0. The molecule has 1 N–H and O–H groups in total. The van der Waals surface area contributed by atoms with E-state index < -0.39 is 28.6 Å². The van der Waals surface area contributed by atoms with E-state index in [1.807, 2.05) is 6.92 Å². The molecule has 3 aromatic carbocycles. The molecule has 0 heterocycles. The number of carbonyl (C=O) groups is 2. The molecule has 3 aromatic rings. The Labute approximate surface area is 220 Å². The van der Waals surface area contributed by atoms with E-state index in [0.29, 0.717) is 23.6 Å². The van der Waals surface area contributed by atoms with E-state index in [1.54, 1.807) is 48.5 Å². The van der Waals surface area contributed by atoms with E-state index in [2.05, 4.69) is 15.3 Å². The van der Waals surface area contributed by atoms with Gasteiger partial charge in [0.15, 0.2) is 11.5 Å². The minimum Gasteiger partial charge on any atom is -0.494 e. The van der Waals surface area contributed by atoms with Gasteiger partial charge >= 0.3 is 6.16 Å². The number of anilines is 1. The van der Waals surface area contributed by atoms with Gasteiger partial charge in [0.25, 0.3) is 15.9 Å². The number of carbonyl (C=O) groups excluding carboxylic acids is 2. The Morgan fingerprint density at radius 1 is 0.974 bits per heavy atom. The Hall–Kier alpha value is -4.58.